The Labute approximate surface area is 212 Å². The number of hydrogen-bond acceptors (Lipinski definition) is 14. The standard InChI is InChI=1S/C20H21NO9S4/c1-5-27-16(22)12-13(17(23)28-6-2)32-11(31-12)9-10(21-26)20-33-14(18(24)29-7-3)15(34-20)19(25)30-8-4/h9H,5-8H2,1-4H3. The average molecular weight is 548 g/mol. The van der Waals surface area contributed by atoms with E-state index >= 15 is 0 Å². The van der Waals surface area contributed by atoms with Crippen LogP contribution in [0.25, 0.3) is 0 Å². The number of ether oxygens (including phenoxy) is 4. The van der Waals surface area contributed by atoms with Gasteiger partial charge in [-0.15, -0.1) is 4.91 Å². The normalized spacial score (nSPS) is 15.3. The van der Waals surface area contributed by atoms with Crippen molar-refractivity contribution in [3.05, 3.63) is 44.8 Å². The predicted molar refractivity (Wildman–Crippen MR) is 132 cm³/mol. The van der Waals surface area contributed by atoms with Gasteiger partial charge in [-0.05, 0) is 38.9 Å². The minimum atomic E-state index is -0.726. The number of thioether (sulfide) groups is 4. The van der Waals surface area contributed by atoms with Gasteiger partial charge < -0.3 is 18.9 Å². The number of nitrogens with zero attached hydrogens (tertiary/aromatic N) is 1. The average Bonchev–Trinajstić information content (AvgIpc) is 3.43. The maximum Gasteiger partial charge on any atom is 0.346 e. The molecule has 184 valence electrons. The summed E-state index contributed by atoms with van der Waals surface area (Å²) in [6.07, 6.45) is 1.36. The molecule has 0 bridgehead atoms. The van der Waals surface area contributed by atoms with Crippen molar-refractivity contribution in [3.63, 3.8) is 0 Å². The number of carbonyl (C=O) groups is 4. The lowest BCUT2D eigenvalue weighted by atomic mass is 10.5. The second kappa shape index (κ2) is 13.7. The van der Waals surface area contributed by atoms with E-state index in [1.165, 1.54) is 6.08 Å². The lowest BCUT2D eigenvalue weighted by molar-refractivity contribution is -0.140. The Morgan fingerprint density at radius 1 is 0.647 bits per heavy atom. The van der Waals surface area contributed by atoms with Crippen LogP contribution in [0, 0.1) is 4.91 Å². The van der Waals surface area contributed by atoms with E-state index in [2.05, 4.69) is 5.18 Å². The SMILES string of the molecule is CCOC(=O)C1=C(C(=O)OCC)SC(=CC(N=O)=C2SC(C(=O)OCC)=C(C(=O)OCC)S2)S1. The highest BCUT2D eigenvalue weighted by Gasteiger charge is 2.36. The highest BCUT2D eigenvalue weighted by Crippen LogP contribution is 2.54. The number of allylic oxidation sites excluding steroid dienone is 1. The molecule has 0 amide bonds. The van der Waals surface area contributed by atoms with Crippen LogP contribution in [-0.2, 0) is 38.1 Å². The van der Waals surface area contributed by atoms with Crippen LogP contribution in [0.2, 0.25) is 0 Å². The topological polar surface area (TPSA) is 135 Å². The van der Waals surface area contributed by atoms with Crippen molar-refractivity contribution in [1.82, 2.24) is 0 Å². The first-order valence-corrected chi connectivity index (χ1v) is 13.2. The highest BCUT2D eigenvalue weighted by molar-refractivity contribution is 8.30. The van der Waals surface area contributed by atoms with E-state index in [1.54, 1.807) is 27.7 Å². The second-order valence-corrected chi connectivity index (χ2v) is 10.5. The molecule has 0 saturated heterocycles. The van der Waals surface area contributed by atoms with Crippen LogP contribution in [0.15, 0.2) is 45.0 Å². The Kier molecular flexibility index (Phi) is 11.3. The van der Waals surface area contributed by atoms with Crippen LogP contribution >= 0.6 is 47.0 Å². The van der Waals surface area contributed by atoms with Gasteiger partial charge in [0.25, 0.3) is 0 Å². The summed E-state index contributed by atoms with van der Waals surface area (Å²) in [5.74, 6) is -2.84. The number of esters is 4. The first-order chi connectivity index (χ1) is 16.3. The lowest BCUT2D eigenvalue weighted by Gasteiger charge is -2.04. The Bertz CT molecular complexity index is 950. The molecule has 2 rings (SSSR count). The molecule has 0 unspecified atom stereocenters. The third-order valence-electron chi connectivity index (χ3n) is 3.61. The van der Waals surface area contributed by atoms with Crippen LogP contribution in [0.3, 0.4) is 0 Å². The van der Waals surface area contributed by atoms with E-state index in [-0.39, 0.29) is 56.0 Å². The summed E-state index contributed by atoms with van der Waals surface area (Å²) in [5, 5.41) is 3.03. The fourth-order valence-corrected chi connectivity index (χ4v) is 6.96. The number of nitroso groups, excluding NO2 is 1. The molecule has 2 aliphatic rings. The molecule has 34 heavy (non-hydrogen) atoms. The number of hydrogen-bond donors (Lipinski definition) is 0. The van der Waals surface area contributed by atoms with Gasteiger partial charge in [-0.1, -0.05) is 47.0 Å². The molecule has 2 aliphatic heterocycles. The molecular weight excluding hydrogens is 526 g/mol. The highest BCUT2D eigenvalue weighted by atomic mass is 32.2. The fraction of sp³-hybridized carbons (Fsp3) is 0.400. The minimum absolute atomic E-state index is 0.0101. The Hall–Kier alpha value is -2.16. The molecule has 0 fully saturated rings. The molecule has 0 aromatic carbocycles. The molecule has 0 saturated carbocycles. The van der Waals surface area contributed by atoms with E-state index in [0.29, 0.717) is 4.24 Å². The van der Waals surface area contributed by atoms with Gasteiger partial charge >= 0.3 is 23.9 Å². The summed E-state index contributed by atoms with van der Waals surface area (Å²) >= 11 is 3.59. The van der Waals surface area contributed by atoms with E-state index in [0.717, 1.165) is 47.0 Å². The monoisotopic (exact) mass is 547 g/mol. The lowest BCUT2D eigenvalue weighted by Crippen LogP contribution is -2.11. The molecule has 14 heteroatoms. The van der Waals surface area contributed by atoms with Crippen molar-refractivity contribution in [2.75, 3.05) is 26.4 Å². The molecule has 10 nitrogen and oxygen atoms in total. The molecule has 2 heterocycles. The minimum Gasteiger partial charge on any atom is -0.462 e. The zero-order chi connectivity index (χ0) is 25.3. The van der Waals surface area contributed by atoms with Gasteiger partial charge in [0.05, 0.1) is 34.9 Å². The smallest absolute Gasteiger partial charge is 0.346 e. The Morgan fingerprint density at radius 3 is 1.26 bits per heavy atom. The van der Waals surface area contributed by atoms with Crippen molar-refractivity contribution in [2.24, 2.45) is 5.18 Å². The molecule has 0 aromatic rings. The van der Waals surface area contributed by atoms with Crippen LogP contribution in [-0.4, -0.2) is 50.3 Å². The van der Waals surface area contributed by atoms with Crippen molar-refractivity contribution < 1.29 is 38.1 Å². The first kappa shape index (κ1) is 28.1. The second-order valence-electron chi connectivity index (χ2n) is 5.83. The quantitative estimate of drug-likeness (QED) is 0.217. The van der Waals surface area contributed by atoms with Gasteiger partial charge in [-0.25, -0.2) is 19.2 Å². The molecule has 0 spiro atoms. The third kappa shape index (κ3) is 6.93. The summed E-state index contributed by atoms with van der Waals surface area (Å²) in [6.45, 7) is 6.93. The number of rotatable bonds is 10. The largest absolute Gasteiger partial charge is 0.462 e. The van der Waals surface area contributed by atoms with Gasteiger partial charge in [0.1, 0.15) is 25.3 Å². The van der Waals surface area contributed by atoms with Crippen LogP contribution < -0.4 is 0 Å². The van der Waals surface area contributed by atoms with Crippen LogP contribution in [0.5, 0.6) is 0 Å². The Balaban J connectivity index is 2.38. The van der Waals surface area contributed by atoms with E-state index in [4.69, 9.17) is 18.9 Å². The van der Waals surface area contributed by atoms with Crippen molar-refractivity contribution >= 4 is 70.9 Å². The number of carbonyl (C=O) groups excluding carboxylic acids is 4. The molecule has 0 N–H and O–H groups in total. The molecule has 0 radical (unpaired) electrons. The zero-order valence-corrected chi connectivity index (χ0v) is 21.9. The van der Waals surface area contributed by atoms with E-state index in [9.17, 15) is 24.1 Å². The molecule has 0 atom stereocenters. The molecule has 0 aromatic heterocycles. The summed E-state index contributed by atoms with van der Waals surface area (Å²) < 4.78 is 20.7. The van der Waals surface area contributed by atoms with Crippen LogP contribution in [0.1, 0.15) is 27.7 Å². The maximum absolute atomic E-state index is 12.3. The molecular formula is C20H21NO9S4. The Morgan fingerprint density at radius 2 is 0.971 bits per heavy atom. The van der Waals surface area contributed by atoms with E-state index < -0.39 is 23.9 Å². The van der Waals surface area contributed by atoms with Gasteiger partial charge in [0.15, 0.2) is 0 Å². The summed E-state index contributed by atoms with van der Waals surface area (Å²) in [5.41, 5.74) is -0.0978. The summed E-state index contributed by atoms with van der Waals surface area (Å²) in [7, 11) is 0. The summed E-state index contributed by atoms with van der Waals surface area (Å²) in [4.78, 5) is 61.0. The third-order valence-corrected chi connectivity index (χ3v) is 8.60. The summed E-state index contributed by atoms with van der Waals surface area (Å²) in [6, 6.07) is 0. The molecule has 0 aliphatic carbocycles. The van der Waals surface area contributed by atoms with Gasteiger partial charge in [-0.3, -0.25) is 0 Å². The van der Waals surface area contributed by atoms with Gasteiger partial charge in [0.2, 0.25) is 0 Å². The first-order valence-electron chi connectivity index (χ1n) is 9.98. The predicted octanol–water partition coefficient (Wildman–Crippen LogP) is 4.40. The van der Waals surface area contributed by atoms with Crippen molar-refractivity contribution in [2.45, 2.75) is 27.7 Å². The van der Waals surface area contributed by atoms with Gasteiger partial charge in [-0.2, -0.15) is 0 Å². The van der Waals surface area contributed by atoms with Crippen LogP contribution in [0.4, 0.5) is 0 Å². The zero-order valence-electron chi connectivity index (χ0n) is 18.7. The fourth-order valence-electron chi connectivity index (χ4n) is 2.34. The van der Waals surface area contributed by atoms with Gasteiger partial charge in [0, 0.05) is 0 Å². The van der Waals surface area contributed by atoms with E-state index in [1.807, 2.05) is 0 Å². The maximum atomic E-state index is 12.3. The van der Waals surface area contributed by atoms with Crippen molar-refractivity contribution in [3.8, 4) is 0 Å². The van der Waals surface area contributed by atoms with Crippen molar-refractivity contribution in [1.29, 1.82) is 0 Å².